The third-order valence-electron chi connectivity index (χ3n) is 5.77. The average Bonchev–Trinajstić information content (AvgIpc) is 3.63. The second kappa shape index (κ2) is 14.5. The molecule has 0 saturated carbocycles. The highest BCUT2D eigenvalue weighted by Gasteiger charge is 2.50. The molecule has 0 aromatic carbocycles. The smallest absolute Gasteiger partial charge is 0.433 e. The normalized spacial score (nSPS) is 19.0. The molecule has 1 aliphatic rings. The minimum Gasteiger partial charge on any atom is -0.433 e. The predicted octanol–water partition coefficient (Wildman–Crippen LogP) is 3.66. The van der Waals surface area contributed by atoms with E-state index in [1.807, 2.05) is 25.3 Å². The van der Waals surface area contributed by atoms with Gasteiger partial charge in [-0.3, -0.25) is 0 Å². The lowest BCUT2D eigenvalue weighted by Gasteiger charge is -2.41. The summed E-state index contributed by atoms with van der Waals surface area (Å²) in [5.41, 5.74) is 1.82. The summed E-state index contributed by atoms with van der Waals surface area (Å²) in [4.78, 5) is 0. The molecule has 0 aromatic rings. The Morgan fingerprint density at radius 2 is 1.31 bits per heavy atom. The first kappa shape index (κ1) is 33.5. The molecule has 1 aliphatic heterocycles. The predicted molar refractivity (Wildman–Crippen MR) is 146 cm³/mol. The lowest BCUT2D eigenvalue weighted by molar-refractivity contribution is 0.106. The van der Waals surface area contributed by atoms with Crippen molar-refractivity contribution >= 4 is 43.0 Å². The molecule has 10 nitrogen and oxygen atoms in total. The minimum atomic E-state index is -2.94. The van der Waals surface area contributed by atoms with Crippen LogP contribution in [0.2, 0.25) is 50.9 Å². The summed E-state index contributed by atoms with van der Waals surface area (Å²) in [5.74, 6) is 0. The minimum absolute atomic E-state index is 0.254. The molecule has 1 saturated heterocycles. The summed E-state index contributed by atoms with van der Waals surface area (Å²) in [7, 11) is -5.15. The summed E-state index contributed by atoms with van der Waals surface area (Å²) in [6.07, 6.45) is 1.02. The van der Waals surface area contributed by atoms with E-state index in [0.717, 1.165) is 19.1 Å². The fourth-order valence-corrected chi connectivity index (χ4v) is 24.2. The molecule has 2 unspecified atom stereocenters. The van der Waals surface area contributed by atoms with E-state index in [2.05, 4.69) is 19.7 Å². The zero-order chi connectivity index (χ0) is 26.8. The molecule has 0 aromatic heterocycles. The highest BCUT2D eigenvalue weighted by atomic mass is 28.5. The molecule has 1 rings (SSSR count). The summed E-state index contributed by atoms with van der Waals surface area (Å²) >= 11 is 0. The van der Waals surface area contributed by atoms with Crippen LogP contribution >= 0.6 is 0 Å². The summed E-state index contributed by atoms with van der Waals surface area (Å²) in [6, 6.07) is 2.11. The van der Waals surface area contributed by atoms with E-state index in [4.69, 9.17) is 43.9 Å². The van der Waals surface area contributed by atoms with Crippen molar-refractivity contribution in [1.82, 2.24) is 0 Å². The van der Waals surface area contributed by atoms with Gasteiger partial charge in [-0.25, -0.2) is 0 Å². The van der Waals surface area contributed by atoms with Gasteiger partial charge in [0.05, 0.1) is 13.2 Å². The van der Waals surface area contributed by atoms with Gasteiger partial charge in [-0.05, 0) is 45.2 Å². The molecular weight excluding hydrogens is 541 g/mol. The Hall–Kier alpha value is 0.424. The zero-order valence-electron chi connectivity index (χ0n) is 23.4. The Morgan fingerprint density at radius 3 is 1.77 bits per heavy atom. The summed E-state index contributed by atoms with van der Waals surface area (Å²) < 4.78 is 59.1. The van der Waals surface area contributed by atoms with Crippen LogP contribution in [0.15, 0.2) is 12.3 Å². The van der Waals surface area contributed by atoms with Crippen molar-refractivity contribution in [2.45, 2.75) is 63.4 Å². The van der Waals surface area contributed by atoms with E-state index >= 15 is 0 Å². The van der Waals surface area contributed by atoms with Gasteiger partial charge in [0.2, 0.25) is 0 Å². The van der Waals surface area contributed by atoms with Crippen LogP contribution in [0.1, 0.15) is 6.42 Å². The Kier molecular flexibility index (Phi) is 13.9. The van der Waals surface area contributed by atoms with Crippen molar-refractivity contribution in [2.24, 2.45) is 0 Å². The number of rotatable bonds is 21. The molecule has 0 N–H and O–H groups in total. The lowest BCUT2D eigenvalue weighted by Crippen LogP contribution is -2.59. The molecule has 2 atom stereocenters. The fraction of sp³-hybridized carbons (Fsp3) is 0.900. The Balaban J connectivity index is 2.77. The molecule has 0 bridgehead atoms. The van der Waals surface area contributed by atoms with Gasteiger partial charge in [-0.15, -0.1) is 6.58 Å². The van der Waals surface area contributed by atoms with Crippen LogP contribution in [0.5, 0.6) is 0 Å². The molecule has 1 fully saturated rings. The first-order chi connectivity index (χ1) is 16.3. The van der Waals surface area contributed by atoms with Gasteiger partial charge >= 0.3 is 34.7 Å². The number of hydrogen-bond donors (Lipinski definition) is 0. The van der Waals surface area contributed by atoms with Gasteiger partial charge in [-0.2, -0.15) is 0 Å². The molecule has 0 amide bonds. The van der Waals surface area contributed by atoms with Crippen LogP contribution in [-0.4, -0.2) is 105 Å². The highest BCUT2D eigenvalue weighted by molar-refractivity contribution is 6.91. The van der Waals surface area contributed by atoms with Crippen molar-refractivity contribution < 1.29 is 43.9 Å². The number of hydrogen-bond acceptors (Lipinski definition) is 10. The largest absolute Gasteiger partial charge is 0.499 e. The monoisotopic (exact) mass is 588 g/mol. The van der Waals surface area contributed by atoms with E-state index in [-0.39, 0.29) is 6.10 Å². The fourth-order valence-electron chi connectivity index (χ4n) is 3.79. The quantitative estimate of drug-likeness (QED) is 0.112. The average molecular weight is 589 g/mol. The molecule has 0 spiro atoms. The molecule has 0 aliphatic carbocycles. The van der Waals surface area contributed by atoms with Crippen LogP contribution < -0.4 is 0 Å². The molecule has 0 radical (unpaired) electrons. The third-order valence-corrected chi connectivity index (χ3v) is 24.0. The maximum atomic E-state index is 6.71. The molecule has 1 heterocycles. The van der Waals surface area contributed by atoms with Crippen LogP contribution in [0.25, 0.3) is 0 Å². The molecule has 208 valence electrons. The molecular formula is C20H48O10Si5. The topological polar surface area (TPSA) is 95.6 Å². The van der Waals surface area contributed by atoms with Gasteiger partial charge in [-0.1, -0.05) is 5.70 Å². The van der Waals surface area contributed by atoms with E-state index in [0.29, 0.717) is 25.3 Å². The molecule has 15 heteroatoms. The van der Waals surface area contributed by atoms with E-state index in [1.165, 1.54) is 0 Å². The summed E-state index contributed by atoms with van der Waals surface area (Å²) in [5, 5.41) is 0. The van der Waals surface area contributed by atoms with E-state index in [1.54, 1.807) is 35.5 Å². The maximum absolute atomic E-state index is 6.71. The first-order valence-corrected chi connectivity index (χ1v) is 24.2. The van der Waals surface area contributed by atoms with Crippen molar-refractivity contribution in [2.75, 3.05) is 55.4 Å². The van der Waals surface area contributed by atoms with Gasteiger partial charge in [0, 0.05) is 54.2 Å². The second-order valence-electron chi connectivity index (χ2n) is 9.71. The third kappa shape index (κ3) is 11.8. The zero-order valence-corrected chi connectivity index (χ0v) is 28.4. The SMILES string of the molecule is C=C[Si](C)(O[Si](C)(C)CC[Si](OC)(OC)OC)O[Si](C)(C)O[Si](CCCOCC1CO1)(OC)OC. The van der Waals surface area contributed by atoms with Crippen LogP contribution in [-0.2, 0) is 43.9 Å². The van der Waals surface area contributed by atoms with Crippen molar-refractivity contribution in [3.05, 3.63) is 12.3 Å². The van der Waals surface area contributed by atoms with Crippen LogP contribution in [0, 0.1) is 0 Å². The van der Waals surface area contributed by atoms with Crippen molar-refractivity contribution in [3.8, 4) is 0 Å². The van der Waals surface area contributed by atoms with Crippen molar-refractivity contribution in [1.29, 1.82) is 0 Å². The van der Waals surface area contributed by atoms with E-state index in [9.17, 15) is 0 Å². The van der Waals surface area contributed by atoms with Crippen LogP contribution in [0.3, 0.4) is 0 Å². The maximum Gasteiger partial charge on any atom is 0.499 e. The Labute approximate surface area is 217 Å². The standard InChI is InChI=1S/C20H48O10Si5/c1-12-33(11,28-31(7,8)16-17-34(21-2,22-3)23-4)29-32(9,10)30-35(24-5,25-6)15-13-14-26-18-20-19-27-20/h12,20H,1,13-19H2,2-11H3. The van der Waals surface area contributed by atoms with E-state index < -0.39 is 43.0 Å². The molecule has 35 heavy (non-hydrogen) atoms. The first-order valence-electron chi connectivity index (χ1n) is 12.0. The Morgan fingerprint density at radius 1 is 0.771 bits per heavy atom. The number of ether oxygens (including phenoxy) is 2. The van der Waals surface area contributed by atoms with Gasteiger partial charge in [0.25, 0.3) is 0 Å². The lowest BCUT2D eigenvalue weighted by atomic mass is 10.5. The Bertz CT molecular complexity index is 621. The highest BCUT2D eigenvalue weighted by Crippen LogP contribution is 2.30. The van der Waals surface area contributed by atoms with Gasteiger partial charge in [0.15, 0.2) is 8.32 Å². The second-order valence-corrected chi connectivity index (χ2v) is 27.2. The van der Waals surface area contributed by atoms with Gasteiger partial charge < -0.3 is 43.9 Å². The van der Waals surface area contributed by atoms with Crippen LogP contribution in [0.4, 0.5) is 0 Å². The van der Waals surface area contributed by atoms with Gasteiger partial charge in [0.1, 0.15) is 6.10 Å². The van der Waals surface area contributed by atoms with Crippen molar-refractivity contribution in [3.63, 3.8) is 0 Å². The number of epoxide rings is 1. The summed E-state index contributed by atoms with van der Waals surface area (Å²) in [6.45, 7) is 16.4.